The molecule has 0 amide bonds. The lowest BCUT2D eigenvalue weighted by Gasteiger charge is -2.46. The van der Waals surface area contributed by atoms with E-state index in [1.165, 1.54) is 5.56 Å². The summed E-state index contributed by atoms with van der Waals surface area (Å²) in [7, 11) is 1.80. The summed E-state index contributed by atoms with van der Waals surface area (Å²) < 4.78 is 5.56. The summed E-state index contributed by atoms with van der Waals surface area (Å²) in [6, 6.07) is 11.3. The van der Waals surface area contributed by atoms with Gasteiger partial charge in [-0.05, 0) is 39.7 Å². The van der Waals surface area contributed by atoms with E-state index in [1.807, 2.05) is 0 Å². The van der Waals surface area contributed by atoms with Crippen LogP contribution in [0, 0.1) is 0 Å². The van der Waals surface area contributed by atoms with Crippen molar-refractivity contribution >= 4 is 0 Å². The molecule has 0 aromatic heterocycles. The third kappa shape index (κ3) is 4.06. The number of rotatable bonds is 5. The fraction of sp³-hybridized carbons (Fsp3) is 0.667. The maximum atomic E-state index is 5.56. The van der Waals surface area contributed by atoms with Crippen LogP contribution >= 0.6 is 0 Å². The SMILES string of the molecule is COC(C)(C)CCN1CC(C)(c2ccccc2)NCC1C. The zero-order valence-electron chi connectivity index (χ0n) is 14.1. The number of piperazine rings is 1. The van der Waals surface area contributed by atoms with E-state index in [-0.39, 0.29) is 11.1 Å². The maximum absolute atomic E-state index is 5.56. The highest BCUT2D eigenvalue weighted by atomic mass is 16.5. The smallest absolute Gasteiger partial charge is 0.0634 e. The Labute approximate surface area is 129 Å². The quantitative estimate of drug-likeness (QED) is 0.902. The standard InChI is InChI=1S/C18H30N2O/c1-15-13-19-18(4,16-9-7-6-8-10-16)14-20(15)12-11-17(2,3)21-5/h6-10,15,19H,11-14H2,1-5H3. The van der Waals surface area contributed by atoms with Crippen LogP contribution in [-0.2, 0) is 10.3 Å². The number of methoxy groups -OCH3 is 1. The van der Waals surface area contributed by atoms with Crippen molar-refractivity contribution in [3.8, 4) is 0 Å². The van der Waals surface area contributed by atoms with Crippen molar-refractivity contribution in [2.24, 2.45) is 0 Å². The van der Waals surface area contributed by atoms with Gasteiger partial charge in [0.1, 0.15) is 0 Å². The maximum Gasteiger partial charge on any atom is 0.0634 e. The van der Waals surface area contributed by atoms with Gasteiger partial charge in [0.2, 0.25) is 0 Å². The Morgan fingerprint density at radius 2 is 2.00 bits per heavy atom. The molecule has 1 heterocycles. The van der Waals surface area contributed by atoms with E-state index < -0.39 is 0 Å². The van der Waals surface area contributed by atoms with E-state index in [9.17, 15) is 0 Å². The Bertz CT molecular complexity index is 446. The van der Waals surface area contributed by atoms with Crippen LogP contribution in [0.15, 0.2) is 30.3 Å². The van der Waals surface area contributed by atoms with Gasteiger partial charge in [-0.25, -0.2) is 0 Å². The molecule has 2 rings (SSSR count). The van der Waals surface area contributed by atoms with Crippen LogP contribution in [0.25, 0.3) is 0 Å². The van der Waals surface area contributed by atoms with E-state index in [4.69, 9.17) is 4.74 Å². The number of hydrogen-bond donors (Lipinski definition) is 1. The number of ether oxygens (including phenoxy) is 1. The Morgan fingerprint density at radius 3 is 2.62 bits per heavy atom. The van der Waals surface area contributed by atoms with Crippen LogP contribution in [0.4, 0.5) is 0 Å². The molecule has 1 aliphatic rings. The predicted molar refractivity (Wildman–Crippen MR) is 88.5 cm³/mol. The third-order valence-corrected chi connectivity index (χ3v) is 4.89. The number of nitrogens with one attached hydrogen (secondary N) is 1. The first kappa shape index (κ1) is 16.5. The summed E-state index contributed by atoms with van der Waals surface area (Å²) in [4.78, 5) is 2.59. The Morgan fingerprint density at radius 1 is 1.33 bits per heavy atom. The topological polar surface area (TPSA) is 24.5 Å². The fourth-order valence-electron chi connectivity index (χ4n) is 2.93. The van der Waals surface area contributed by atoms with Gasteiger partial charge in [-0.1, -0.05) is 30.3 Å². The molecule has 2 atom stereocenters. The minimum atomic E-state index is -0.0479. The molecule has 1 saturated heterocycles. The first-order valence-electron chi connectivity index (χ1n) is 7.96. The van der Waals surface area contributed by atoms with Gasteiger partial charge in [-0.3, -0.25) is 4.90 Å². The van der Waals surface area contributed by atoms with Crippen LogP contribution in [-0.4, -0.2) is 43.3 Å². The number of nitrogens with zero attached hydrogens (tertiary/aromatic N) is 1. The van der Waals surface area contributed by atoms with E-state index >= 15 is 0 Å². The molecule has 1 fully saturated rings. The second kappa shape index (κ2) is 6.47. The van der Waals surface area contributed by atoms with Crippen molar-refractivity contribution in [1.82, 2.24) is 10.2 Å². The second-order valence-corrected chi connectivity index (χ2v) is 7.11. The summed E-state index contributed by atoms with van der Waals surface area (Å²) in [5.41, 5.74) is 1.35. The summed E-state index contributed by atoms with van der Waals surface area (Å²) >= 11 is 0. The van der Waals surface area contributed by atoms with Crippen molar-refractivity contribution in [3.63, 3.8) is 0 Å². The van der Waals surface area contributed by atoms with Gasteiger partial charge in [0.05, 0.1) is 11.1 Å². The number of benzene rings is 1. The van der Waals surface area contributed by atoms with Gasteiger partial charge in [0, 0.05) is 32.8 Å². The normalized spacial score (nSPS) is 27.8. The van der Waals surface area contributed by atoms with Crippen molar-refractivity contribution in [2.45, 2.75) is 51.3 Å². The zero-order chi connectivity index (χ0) is 15.5. The highest BCUT2D eigenvalue weighted by Crippen LogP contribution is 2.27. The van der Waals surface area contributed by atoms with E-state index in [1.54, 1.807) is 7.11 Å². The highest BCUT2D eigenvalue weighted by Gasteiger charge is 2.35. The van der Waals surface area contributed by atoms with Crippen molar-refractivity contribution in [2.75, 3.05) is 26.7 Å². The van der Waals surface area contributed by atoms with Gasteiger partial charge >= 0.3 is 0 Å². The molecule has 0 spiro atoms. The van der Waals surface area contributed by atoms with Gasteiger partial charge in [0.25, 0.3) is 0 Å². The number of hydrogen-bond acceptors (Lipinski definition) is 3. The molecule has 0 radical (unpaired) electrons. The molecular formula is C18H30N2O. The predicted octanol–water partition coefficient (Wildman–Crippen LogP) is 3.01. The largest absolute Gasteiger partial charge is 0.379 e. The van der Waals surface area contributed by atoms with Crippen molar-refractivity contribution in [3.05, 3.63) is 35.9 Å². The molecule has 1 N–H and O–H groups in total. The van der Waals surface area contributed by atoms with Gasteiger partial charge in [0.15, 0.2) is 0 Å². The van der Waals surface area contributed by atoms with E-state index in [0.717, 1.165) is 26.1 Å². The Kier molecular flexibility index (Phi) is 5.07. The van der Waals surface area contributed by atoms with Gasteiger partial charge in [-0.2, -0.15) is 0 Å². The average molecular weight is 290 g/mol. The zero-order valence-corrected chi connectivity index (χ0v) is 14.1. The van der Waals surface area contributed by atoms with Crippen LogP contribution in [0.5, 0.6) is 0 Å². The average Bonchev–Trinajstić information content (AvgIpc) is 2.49. The summed E-state index contributed by atoms with van der Waals surface area (Å²) in [6.45, 7) is 12.1. The summed E-state index contributed by atoms with van der Waals surface area (Å²) in [5.74, 6) is 0. The van der Waals surface area contributed by atoms with E-state index in [0.29, 0.717) is 6.04 Å². The molecule has 1 aliphatic heterocycles. The van der Waals surface area contributed by atoms with Crippen LogP contribution in [0.3, 0.4) is 0 Å². The molecular weight excluding hydrogens is 260 g/mol. The second-order valence-electron chi connectivity index (χ2n) is 7.11. The lowest BCUT2D eigenvalue weighted by molar-refractivity contribution is -0.00361. The molecule has 0 saturated carbocycles. The van der Waals surface area contributed by atoms with E-state index in [2.05, 4.69) is 68.2 Å². The molecule has 0 aliphatic carbocycles. The minimum absolute atomic E-state index is 0.0327. The molecule has 21 heavy (non-hydrogen) atoms. The lowest BCUT2D eigenvalue weighted by Crippen LogP contribution is -2.60. The highest BCUT2D eigenvalue weighted by molar-refractivity contribution is 5.25. The molecule has 2 unspecified atom stereocenters. The van der Waals surface area contributed by atoms with Crippen LogP contribution < -0.4 is 5.32 Å². The monoisotopic (exact) mass is 290 g/mol. The Hall–Kier alpha value is -0.900. The third-order valence-electron chi connectivity index (χ3n) is 4.89. The molecule has 118 valence electrons. The summed E-state index contributed by atoms with van der Waals surface area (Å²) in [6.07, 6.45) is 1.05. The molecule has 1 aromatic rings. The fourth-order valence-corrected chi connectivity index (χ4v) is 2.93. The van der Waals surface area contributed by atoms with Crippen molar-refractivity contribution < 1.29 is 4.74 Å². The first-order valence-corrected chi connectivity index (χ1v) is 7.96. The molecule has 0 bridgehead atoms. The van der Waals surface area contributed by atoms with Gasteiger partial charge < -0.3 is 10.1 Å². The Balaban J connectivity index is 2.05. The minimum Gasteiger partial charge on any atom is -0.379 e. The summed E-state index contributed by atoms with van der Waals surface area (Å²) in [5, 5.41) is 3.73. The van der Waals surface area contributed by atoms with Crippen LogP contribution in [0.1, 0.15) is 39.7 Å². The molecule has 3 nitrogen and oxygen atoms in total. The lowest BCUT2D eigenvalue weighted by atomic mass is 9.88. The first-order chi connectivity index (χ1) is 9.86. The molecule has 1 aromatic carbocycles. The van der Waals surface area contributed by atoms with Crippen molar-refractivity contribution in [1.29, 1.82) is 0 Å². The molecule has 3 heteroatoms. The van der Waals surface area contributed by atoms with Gasteiger partial charge in [-0.15, -0.1) is 0 Å². The van der Waals surface area contributed by atoms with Crippen LogP contribution in [0.2, 0.25) is 0 Å².